The fourth-order valence-electron chi connectivity index (χ4n) is 1.08. The van der Waals surface area contributed by atoms with Gasteiger partial charge in [0.25, 0.3) is 0 Å². The van der Waals surface area contributed by atoms with Crippen LogP contribution in [-0.4, -0.2) is 21.9 Å². The average Bonchev–Trinajstić information content (AvgIpc) is 2.02. The second kappa shape index (κ2) is 6.95. The van der Waals surface area contributed by atoms with E-state index in [1.165, 1.54) is 18.7 Å². The van der Waals surface area contributed by atoms with E-state index in [0.29, 0.717) is 18.6 Å². The van der Waals surface area contributed by atoms with E-state index in [9.17, 15) is 9.59 Å². The Labute approximate surface area is 82.9 Å². The third-order valence-electron chi connectivity index (χ3n) is 1.76. The molecule has 13 heavy (non-hydrogen) atoms. The number of aliphatic carboxylic acids is 1. The number of carboxylic acid groups (broad SMARTS) is 1. The molecule has 3 nitrogen and oxygen atoms in total. The van der Waals surface area contributed by atoms with Crippen molar-refractivity contribution in [2.24, 2.45) is 5.92 Å². The highest BCUT2D eigenvalue weighted by Crippen LogP contribution is 2.15. The van der Waals surface area contributed by atoms with Gasteiger partial charge >= 0.3 is 5.97 Å². The molecule has 0 rings (SSSR count). The van der Waals surface area contributed by atoms with E-state index in [1.54, 1.807) is 0 Å². The molecule has 4 heteroatoms. The summed E-state index contributed by atoms with van der Waals surface area (Å²) in [6, 6.07) is 0. The van der Waals surface area contributed by atoms with Gasteiger partial charge < -0.3 is 5.11 Å². The van der Waals surface area contributed by atoms with Gasteiger partial charge in [-0.3, -0.25) is 9.59 Å². The van der Waals surface area contributed by atoms with Crippen molar-refractivity contribution in [2.75, 3.05) is 5.75 Å². The Hall–Kier alpha value is -0.510. The van der Waals surface area contributed by atoms with Crippen LogP contribution in [0.4, 0.5) is 0 Å². The largest absolute Gasteiger partial charge is 0.481 e. The molecule has 0 aliphatic heterocycles. The van der Waals surface area contributed by atoms with E-state index in [0.717, 1.165) is 6.42 Å². The number of hydrogen-bond acceptors (Lipinski definition) is 3. The lowest BCUT2D eigenvalue weighted by molar-refractivity contribution is -0.142. The van der Waals surface area contributed by atoms with Crippen LogP contribution in [0.5, 0.6) is 0 Å². The molecule has 0 fully saturated rings. The van der Waals surface area contributed by atoms with E-state index in [4.69, 9.17) is 5.11 Å². The van der Waals surface area contributed by atoms with Crippen LogP contribution in [0.15, 0.2) is 0 Å². The van der Waals surface area contributed by atoms with Crippen molar-refractivity contribution in [3.05, 3.63) is 0 Å². The van der Waals surface area contributed by atoms with Gasteiger partial charge in [0.1, 0.15) is 0 Å². The van der Waals surface area contributed by atoms with Crippen LogP contribution in [0.25, 0.3) is 0 Å². The summed E-state index contributed by atoms with van der Waals surface area (Å²) in [6.45, 7) is 3.47. The minimum atomic E-state index is -0.744. The van der Waals surface area contributed by atoms with Crippen molar-refractivity contribution in [1.29, 1.82) is 0 Å². The van der Waals surface area contributed by atoms with Gasteiger partial charge in [-0.15, -0.1) is 0 Å². The van der Waals surface area contributed by atoms with E-state index >= 15 is 0 Å². The van der Waals surface area contributed by atoms with E-state index in [2.05, 4.69) is 0 Å². The zero-order valence-corrected chi connectivity index (χ0v) is 8.89. The molecule has 0 aliphatic rings. The average molecular weight is 204 g/mol. The second-order valence-electron chi connectivity index (χ2n) is 2.95. The first-order valence-corrected chi connectivity index (χ1v) is 5.42. The highest BCUT2D eigenvalue weighted by atomic mass is 32.2. The van der Waals surface area contributed by atoms with Gasteiger partial charge in [-0.05, 0) is 12.8 Å². The molecule has 1 atom stereocenters. The van der Waals surface area contributed by atoms with E-state index < -0.39 is 5.97 Å². The molecule has 0 bridgehead atoms. The molecule has 1 N–H and O–H groups in total. The topological polar surface area (TPSA) is 54.4 Å². The molecular formula is C9H16O3S. The normalized spacial score (nSPS) is 12.5. The van der Waals surface area contributed by atoms with Crippen LogP contribution in [0.1, 0.15) is 33.1 Å². The Bertz CT molecular complexity index is 180. The van der Waals surface area contributed by atoms with Gasteiger partial charge in [-0.2, -0.15) is 0 Å². The van der Waals surface area contributed by atoms with Gasteiger partial charge in [0, 0.05) is 12.7 Å². The predicted octanol–water partition coefficient (Wildman–Crippen LogP) is 2.16. The summed E-state index contributed by atoms with van der Waals surface area (Å²) >= 11 is 1.20. The minimum Gasteiger partial charge on any atom is -0.481 e. The monoisotopic (exact) mass is 204 g/mol. The summed E-state index contributed by atoms with van der Waals surface area (Å²) in [7, 11) is 0. The minimum absolute atomic E-state index is 0.0561. The molecule has 0 heterocycles. The van der Waals surface area contributed by atoms with Gasteiger partial charge in [-0.25, -0.2) is 0 Å². The molecule has 0 spiro atoms. The lowest BCUT2D eigenvalue weighted by Crippen LogP contribution is -2.14. The van der Waals surface area contributed by atoms with E-state index in [1.807, 2.05) is 6.92 Å². The zero-order chi connectivity index (χ0) is 10.3. The lowest BCUT2D eigenvalue weighted by Gasteiger charge is -2.09. The molecule has 0 aromatic carbocycles. The van der Waals surface area contributed by atoms with Crippen molar-refractivity contribution in [3.8, 4) is 0 Å². The van der Waals surface area contributed by atoms with Crippen LogP contribution in [0.2, 0.25) is 0 Å². The Kier molecular flexibility index (Phi) is 6.68. The van der Waals surface area contributed by atoms with Gasteiger partial charge in [0.2, 0.25) is 0 Å². The summed E-state index contributed by atoms with van der Waals surface area (Å²) in [4.78, 5) is 21.2. The van der Waals surface area contributed by atoms with E-state index in [-0.39, 0.29) is 11.0 Å². The Morgan fingerprint density at radius 2 is 2.00 bits per heavy atom. The molecule has 0 aliphatic carbocycles. The third kappa shape index (κ3) is 6.63. The molecule has 76 valence electrons. The maximum atomic E-state index is 10.7. The lowest BCUT2D eigenvalue weighted by atomic mass is 10.0. The fourth-order valence-corrected chi connectivity index (χ4v) is 1.77. The summed E-state index contributed by atoms with van der Waals surface area (Å²) in [5.74, 6) is -0.408. The van der Waals surface area contributed by atoms with Crippen LogP contribution >= 0.6 is 11.8 Å². The highest BCUT2D eigenvalue weighted by molar-refractivity contribution is 8.13. The van der Waals surface area contributed by atoms with Crippen LogP contribution in [0, 0.1) is 5.92 Å². The Morgan fingerprint density at radius 1 is 1.38 bits per heavy atom. The molecule has 1 unspecified atom stereocenters. The molecule has 0 radical (unpaired) electrons. The predicted molar refractivity (Wildman–Crippen MR) is 53.8 cm³/mol. The number of carbonyl (C=O) groups excluding carboxylic acids is 1. The summed E-state index contributed by atoms with van der Waals surface area (Å²) in [5.41, 5.74) is 0. The van der Waals surface area contributed by atoms with Gasteiger partial charge in [0.05, 0.1) is 5.92 Å². The summed E-state index contributed by atoms with van der Waals surface area (Å²) in [5, 5.41) is 8.83. The van der Waals surface area contributed by atoms with Crippen molar-refractivity contribution >= 4 is 22.8 Å². The summed E-state index contributed by atoms with van der Waals surface area (Å²) in [6.07, 6.45) is 2.17. The van der Waals surface area contributed by atoms with Crippen molar-refractivity contribution < 1.29 is 14.7 Å². The molecule has 0 saturated carbocycles. The zero-order valence-electron chi connectivity index (χ0n) is 8.08. The van der Waals surface area contributed by atoms with Crippen LogP contribution in [-0.2, 0) is 9.59 Å². The van der Waals surface area contributed by atoms with Gasteiger partial charge in [0.15, 0.2) is 5.12 Å². The SMILES string of the molecule is CCCC(CCSC(C)=O)C(=O)O. The first kappa shape index (κ1) is 12.5. The standard InChI is InChI=1S/C9H16O3S/c1-3-4-8(9(11)12)5-6-13-7(2)10/h8H,3-6H2,1-2H3,(H,11,12). The van der Waals surface area contributed by atoms with Crippen molar-refractivity contribution in [2.45, 2.75) is 33.1 Å². The fraction of sp³-hybridized carbons (Fsp3) is 0.778. The number of carboxylic acids is 1. The molecule has 0 saturated heterocycles. The maximum Gasteiger partial charge on any atom is 0.306 e. The first-order valence-electron chi connectivity index (χ1n) is 4.44. The first-order chi connectivity index (χ1) is 6.07. The Morgan fingerprint density at radius 3 is 2.38 bits per heavy atom. The van der Waals surface area contributed by atoms with Crippen molar-refractivity contribution in [1.82, 2.24) is 0 Å². The number of hydrogen-bond donors (Lipinski definition) is 1. The third-order valence-corrected chi connectivity index (χ3v) is 2.60. The molecule has 0 aromatic heterocycles. The Balaban J connectivity index is 3.69. The van der Waals surface area contributed by atoms with Gasteiger partial charge in [-0.1, -0.05) is 25.1 Å². The van der Waals surface area contributed by atoms with Crippen LogP contribution < -0.4 is 0 Å². The number of carbonyl (C=O) groups is 2. The number of rotatable bonds is 6. The van der Waals surface area contributed by atoms with Crippen LogP contribution in [0.3, 0.4) is 0 Å². The second-order valence-corrected chi connectivity index (χ2v) is 4.22. The summed E-state index contributed by atoms with van der Waals surface area (Å²) < 4.78 is 0. The molecule has 0 amide bonds. The maximum absolute atomic E-state index is 10.7. The van der Waals surface area contributed by atoms with Crippen molar-refractivity contribution in [3.63, 3.8) is 0 Å². The molecular weight excluding hydrogens is 188 g/mol. The molecule has 0 aromatic rings. The smallest absolute Gasteiger partial charge is 0.306 e. The highest BCUT2D eigenvalue weighted by Gasteiger charge is 2.15. The quantitative estimate of drug-likeness (QED) is 0.720. The number of thioether (sulfide) groups is 1.